The Morgan fingerprint density at radius 1 is 1.39 bits per heavy atom. The second kappa shape index (κ2) is 6.11. The topological polar surface area (TPSA) is 51.0 Å². The summed E-state index contributed by atoms with van der Waals surface area (Å²) >= 11 is 3.45. The van der Waals surface area contributed by atoms with E-state index in [1.54, 1.807) is 0 Å². The number of nitrogens with zero attached hydrogens (tertiary/aromatic N) is 2. The van der Waals surface area contributed by atoms with Crippen molar-refractivity contribution < 1.29 is 4.42 Å². The number of nitrogens with one attached hydrogen (secondary N) is 1. The fraction of sp³-hybridized carbons (Fsp3) is 0.385. The van der Waals surface area contributed by atoms with Crippen LogP contribution >= 0.6 is 15.9 Å². The van der Waals surface area contributed by atoms with Gasteiger partial charge in [0.15, 0.2) is 0 Å². The molecule has 0 radical (unpaired) electrons. The molecule has 0 saturated heterocycles. The molecule has 1 aromatic carbocycles. The van der Waals surface area contributed by atoms with Gasteiger partial charge in [0.25, 0.3) is 0 Å². The Morgan fingerprint density at radius 3 is 2.94 bits per heavy atom. The van der Waals surface area contributed by atoms with Gasteiger partial charge >= 0.3 is 0 Å². The van der Waals surface area contributed by atoms with Crippen LogP contribution in [-0.4, -0.2) is 16.7 Å². The van der Waals surface area contributed by atoms with Crippen LogP contribution in [0.5, 0.6) is 0 Å². The standard InChI is InChI=1S/C13H16BrN3O/c1-3-15-9(2)13-17-16-12(18-13)8-10-5-4-6-11(14)7-10/h4-7,9,15H,3,8H2,1-2H3. The van der Waals surface area contributed by atoms with Gasteiger partial charge in [0.1, 0.15) is 0 Å². The second-order valence-corrected chi connectivity index (χ2v) is 5.04. The molecule has 0 aliphatic carbocycles. The van der Waals surface area contributed by atoms with Crippen molar-refractivity contribution in [3.05, 3.63) is 46.1 Å². The molecule has 1 atom stereocenters. The number of benzene rings is 1. The third-order valence-electron chi connectivity index (χ3n) is 2.61. The molecule has 0 saturated carbocycles. The van der Waals surface area contributed by atoms with E-state index in [0.29, 0.717) is 18.2 Å². The first-order valence-corrected chi connectivity index (χ1v) is 6.78. The zero-order chi connectivity index (χ0) is 13.0. The van der Waals surface area contributed by atoms with E-state index in [-0.39, 0.29) is 6.04 Å². The highest BCUT2D eigenvalue weighted by atomic mass is 79.9. The molecule has 0 amide bonds. The lowest BCUT2D eigenvalue weighted by atomic mass is 10.1. The van der Waals surface area contributed by atoms with Gasteiger partial charge < -0.3 is 9.73 Å². The molecule has 18 heavy (non-hydrogen) atoms. The van der Waals surface area contributed by atoms with Crippen molar-refractivity contribution in [2.75, 3.05) is 6.54 Å². The fourth-order valence-electron chi connectivity index (χ4n) is 1.73. The van der Waals surface area contributed by atoms with Gasteiger partial charge in [-0.25, -0.2) is 0 Å². The highest BCUT2D eigenvalue weighted by molar-refractivity contribution is 9.10. The second-order valence-electron chi connectivity index (χ2n) is 4.12. The molecule has 0 bridgehead atoms. The highest BCUT2D eigenvalue weighted by Crippen LogP contribution is 2.16. The zero-order valence-electron chi connectivity index (χ0n) is 10.5. The largest absolute Gasteiger partial charge is 0.423 e. The summed E-state index contributed by atoms with van der Waals surface area (Å²) < 4.78 is 6.70. The number of rotatable bonds is 5. The van der Waals surface area contributed by atoms with Crippen LogP contribution in [-0.2, 0) is 6.42 Å². The monoisotopic (exact) mass is 309 g/mol. The fourth-order valence-corrected chi connectivity index (χ4v) is 2.17. The Hall–Kier alpha value is -1.20. The van der Waals surface area contributed by atoms with Crippen molar-refractivity contribution in [2.24, 2.45) is 0 Å². The SMILES string of the molecule is CCNC(C)c1nnc(Cc2cccc(Br)c2)o1. The summed E-state index contributed by atoms with van der Waals surface area (Å²) in [6, 6.07) is 8.19. The Labute approximate surface area is 115 Å². The molecule has 0 aliphatic rings. The first kappa shape index (κ1) is 13.2. The van der Waals surface area contributed by atoms with Crippen molar-refractivity contribution >= 4 is 15.9 Å². The Bertz CT molecular complexity index is 512. The van der Waals surface area contributed by atoms with Crippen LogP contribution in [0.25, 0.3) is 0 Å². The van der Waals surface area contributed by atoms with Crippen LogP contribution in [0, 0.1) is 0 Å². The maximum Gasteiger partial charge on any atom is 0.233 e. The van der Waals surface area contributed by atoms with E-state index >= 15 is 0 Å². The molecule has 0 spiro atoms. The summed E-state index contributed by atoms with van der Waals surface area (Å²) in [7, 11) is 0. The normalized spacial score (nSPS) is 12.6. The first-order chi connectivity index (χ1) is 8.69. The average molecular weight is 310 g/mol. The van der Waals surface area contributed by atoms with Crippen molar-refractivity contribution in [2.45, 2.75) is 26.3 Å². The van der Waals surface area contributed by atoms with Crippen molar-refractivity contribution in [3.63, 3.8) is 0 Å². The average Bonchev–Trinajstić information content (AvgIpc) is 2.78. The summed E-state index contributed by atoms with van der Waals surface area (Å²) in [5.41, 5.74) is 1.15. The minimum atomic E-state index is 0.0961. The van der Waals surface area contributed by atoms with Crippen molar-refractivity contribution in [1.82, 2.24) is 15.5 Å². The molecule has 1 aromatic heterocycles. The van der Waals surface area contributed by atoms with Crippen LogP contribution in [0.15, 0.2) is 33.2 Å². The molecule has 1 heterocycles. The third kappa shape index (κ3) is 3.40. The Kier molecular flexibility index (Phi) is 4.49. The predicted molar refractivity (Wildman–Crippen MR) is 73.3 cm³/mol. The van der Waals surface area contributed by atoms with Crippen LogP contribution in [0.2, 0.25) is 0 Å². The lowest BCUT2D eigenvalue weighted by Crippen LogP contribution is -2.17. The van der Waals surface area contributed by atoms with Crippen LogP contribution in [0.3, 0.4) is 0 Å². The molecule has 96 valence electrons. The van der Waals surface area contributed by atoms with Gasteiger partial charge in [0, 0.05) is 4.47 Å². The van der Waals surface area contributed by atoms with E-state index in [4.69, 9.17) is 4.42 Å². The number of halogens is 1. The molecule has 5 heteroatoms. The summed E-state index contributed by atoms with van der Waals surface area (Å²) in [6.45, 7) is 4.94. The maximum atomic E-state index is 5.64. The van der Waals surface area contributed by atoms with Gasteiger partial charge in [0.2, 0.25) is 11.8 Å². The smallest absolute Gasteiger partial charge is 0.233 e. The summed E-state index contributed by atoms with van der Waals surface area (Å²) in [5, 5.41) is 11.4. The van der Waals surface area contributed by atoms with E-state index in [1.165, 1.54) is 0 Å². The summed E-state index contributed by atoms with van der Waals surface area (Å²) in [6.07, 6.45) is 0.658. The molecule has 0 fully saturated rings. The van der Waals surface area contributed by atoms with E-state index in [1.807, 2.05) is 25.1 Å². The first-order valence-electron chi connectivity index (χ1n) is 5.99. The molecular weight excluding hydrogens is 294 g/mol. The highest BCUT2D eigenvalue weighted by Gasteiger charge is 2.12. The molecule has 1 unspecified atom stereocenters. The zero-order valence-corrected chi connectivity index (χ0v) is 12.1. The molecular formula is C13H16BrN3O. The number of hydrogen-bond acceptors (Lipinski definition) is 4. The Morgan fingerprint density at radius 2 is 2.22 bits per heavy atom. The summed E-state index contributed by atoms with van der Waals surface area (Å²) in [5.74, 6) is 1.29. The minimum Gasteiger partial charge on any atom is -0.423 e. The van der Waals surface area contributed by atoms with Gasteiger partial charge in [-0.2, -0.15) is 0 Å². The molecule has 0 aliphatic heterocycles. The third-order valence-corrected chi connectivity index (χ3v) is 3.10. The van der Waals surface area contributed by atoms with Crippen LogP contribution in [0.1, 0.15) is 37.2 Å². The number of hydrogen-bond donors (Lipinski definition) is 1. The molecule has 2 aromatic rings. The van der Waals surface area contributed by atoms with Gasteiger partial charge in [-0.1, -0.05) is 35.0 Å². The van der Waals surface area contributed by atoms with E-state index < -0.39 is 0 Å². The Balaban J connectivity index is 2.06. The molecule has 2 rings (SSSR count). The van der Waals surface area contributed by atoms with Crippen molar-refractivity contribution in [1.29, 1.82) is 0 Å². The van der Waals surface area contributed by atoms with Crippen LogP contribution in [0.4, 0.5) is 0 Å². The van der Waals surface area contributed by atoms with Gasteiger partial charge in [0.05, 0.1) is 12.5 Å². The van der Waals surface area contributed by atoms with E-state index in [9.17, 15) is 0 Å². The lowest BCUT2D eigenvalue weighted by molar-refractivity contribution is 0.401. The van der Waals surface area contributed by atoms with Crippen LogP contribution < -0.4 is 5.32 Å². The van der Waals surface area contributed by atoms with E-state index in [2.05, 4.69) is 44.4 Å². The summed E-state index contributed by atoms with van der Waals surface area (Å²) in [4.78, 5) is 0. The van der Waals surface area contributed by atoms with Crippen molar-refractivity contribution in [3.8, 4) is 0 Å². The minimum absolute atomic E-state index is 0.0961. The quantitative estimate of drug-likeness (QED) is 0.922. The lowest BCUT2D eigenvalue weighted by Gasteiger charge is -2.05. The number of aromatic nitrogens is 2. The van der Waals surface area contributed by atoms with Gasteiger partial charge in [-0.15, -0.1) is 10.2 Å². The molecule has 1 N–H and O–H groups in total. The predicted octanol–water partition coefficient (Wildman–Crippen LogP) is 3.09. The maximum absolute atomic E-state index is 5.64. The van der Waals surface area contributed by atoms with Gasteiger partial charge in [-0.05, 0) is 31.2 Å². The molecule has 4 nitrogen and oxygen atoms in total. The van der Waals surface area contributed by atoms with Gasteiger partial charge in [-0.3, -0.25) is 0 Å². The van der Waals surface area contributed by atoms with E-state index in [0.717, 1.165) is 16.6 Å².